The fraction of sp³-hybridized carbons (Fsp3) is 0.583. The van der Waals surface area contributed by atoms with Crippen molar-refractivity contribution in [3.63, 3.8) is 0 Å². The smallest absolute Gasteiger partial charge is 0.455 e. The highest BCUT2D eigenvalue weighted by molar-refractivity contribution is 5.95. The Labute approximate surface area is 383 Å². The number of aliphatic hydroxyl groups excluding tert-OH is 2. The lowest BCUT2D eigenvalue weighted by Gasteiger charge is -2.63. The normalized spacial score (nSPS) is 30.6. The minimum absolute atomic E-state index is 0.0219. The zero-order valence-corrected chi connectivity index (χ0v) is 38.7. The van der Waals surface area contributed by atoms with Gasteiger partial charge in [0.2, 0.25) is 6.10 Å². The molecule has 4 N–H and O–H groups in total. The molecule has 10 atom stereocenters. The van der Waals surface area contributed by atoms with Crippen LogP contribution in [0.5, 0.6) is 0 Å². The molecule has 2 saturated heterocycles. The van der Waals surface area contributed by atoms with E-state index in [4.69, 9.17) is 37.9 Å². The number of rotatable bonds is 14. The van der Waals surface area contributed by atoms with Crippen molar-refractivity contribution in [1.29, 1.82) is 0 Å². The molecule has 18 heteroatoms. The molecule has 0 radical (unpaired) electrons. The number of ketones is 1. The highest BCUT2D eigenvalue weighted by Gasteiger charge is 2.72. The largest absolute Gasteiger partial charge is 0.509 e. The minimum atomic E-state index is -2.38. The summed E-state index contributed by atoms with van der Waals surface area (Å²) in [5.41, 5.74) is -6.84. The van der Waals surface area contributed by atoms with Gasteiger partial charge in [-0.1, -0.05) is 76.2 Å². The van der Waals surface area contributed by atoms with Gasteiger partial charge in [-0.2, -0.15) is 0 Å². The van der Waals surface area contributed by atoms with E-state index in [1.165, 1.54) is 20.8 Å². The van der Waals surface area contributed by atoms with Crippen molar-refractivity contribution < 1.29 is 82.0 Å². The van der Waals surface area contributed by atoms with Crippen LogP contribution < -0.4 is 5.32 Å². The third-order valence-corrected chi connectivity index (χ3v) is 13.4. The molecule has 6 rings (SSSR count). The Hall–Kier alpha value is -5.24. The Morgan fingerprint density at radius 2 is 1.55 bits per heavy atom. The van der Waals surface area contributed by atoms with Crippen LogP contribution in [0.4, 0.5) is 4.79 Å². The number of amides is 1. The van der Waals surface area contributed by atoms with Gasteiger partial charge < -0.3 is 58.5 Å². The topological polar surface area (TPSA) is 249 Å². The molecule has 1 amide bonds. The molecule has 360 valence electrons. The maximum Gasteiger partial charge on any atom is 0.509 e. The number of hydrogen-bond acceptors (Lipinski definition) is 17. The predicted molar refractivity (Wildman–Crippen MR) is 230 cm³/mol. The van der Waals surface area contributed by atoms with Crippen molar-refractivity contribution in [3.8, 4) is 0 Å². The van der Waals surface area contributed by atoms with Crippen LogP contribution in [0.1, 0.15) is 97.1 Å². The van der Waals surface area contributed by atoms with Crippen LogP contribution in [-0.4, -0.2) is 131 Å². The van der Waals surface area contributed by atoms with Crippen LogP contribution in [-0.2, 0) is 57.1 Å². The third-order valence-electron chi connectivity index (χ3n) is 13.4. The molecule has 0 spiro atoms. The van der Waals surface area contributed by atoms with Crippen LogP contribution in [0.25, 0.3) is 0 Å². The second kappa shape index (κ2) is 19.2. The van der Waals surface area contributed by atoms with Gasteiger partial charge in [-0.3, -0.25) is 19.2 Å². The second-order valence-electron chi connectivity index (χ2n) is 18.9. The van der Waals surface area contributed by atoms with E-state index in [9.17, 15) is 39.3 Å². The van der Waals surface area contributed by atoms with Gasteiger partial charge in [0.1, 0.15) is 36.6 Å². The SMILES string of the molecule is CC(=O)O[C@H]1C(=O)C(C)(C)[C@@H]([C@]2(OC(C)=O)CO[C@@H]2CCO)[C@H](O)[C@]2(O)C[C@H](OC(=O)[C@H](OC(=O)OCC3COC(C)(C)O3)[C@@H](NC(=O)c3ccccc3)c3ccccc3)C(C)=C1C2(C)C. The average molecular weight is 924 g/mol. The zero-order chi connectivity index (χ0) is 48.6. The Bertz CT molecular complexity index is 2190. The van der Waals surface area contributed by atoms with Crippen LogP contribution in [0.2, 0.25) is 0 Å². The number of Topliss-reactive ketones (excluding diaryl/α,β-unsaturated/α-hetero) is 1. The number of carbonyl (C=O) groups excluding carboxylic acids is 6. The van der Waals surface area contributed by atoms with Gasteiger partial charge in [-0.25, -0.2) is 9.59 Å². The summed E-state index contributed by atoms with van der Waals surface area (Å²) >= 11 is 0. The van der Waals surface area contributed by atoms with Gasteiger partial charge in [0.15, 0.2) is 23.3 Å². The van der Waals surface area contributed by atoms with Crippen molar-refractivity contribution in [2.45, 2.75) is 135 Å². The van der Waals surface area contributed by atoms with Gasteiger partial charge in [-0.05, 0) is 49.6 Å². The molecule has 66 heavy (non-hydrogen) atoms. The number of aliphatic hydroxyl groups is 3. The molecule has 4 aliphatic rings. The van der Waals surface area contributed by atoms with Crippen LogP contribution in [0.3, 0.4) is 0 Å². The second-order valence-corrected chi connectivity index (χ2v) is 18.9. The van der Waals surface area contributed by atoms with E-state index < -0.39 is 125 Å². The standard InChI is InChI=1S/C48H61NO17/c1-26-32(22-48(58)40(54)38(47(65-28(3)52)25-60-33(47)20-21-50)44(4,5)39(53)36(62-27(2)51)34(26)45(48,6)7)63-42(56)37(64-43(57)59-23-31-24-61-46(8,9)66-31)35(29-16-12-10-13-17-29)49-41(55)30-18-14-11-15-19-30/h10-19,31-33,35-38,40,50,54,58H,20-25H2,1-9H3,(H,49,55)/t31?,32-,33+,35-,36+,37+,38-,40-,47-,48+/m0/s1. The van der Waals surface area contributed by atoms with E-state index in [0.29, 0.717) is 5.56 Å². The summed E-state index contributed by atoms with van der Waals surface area (Å²) in [5.74, 6) is -6.71. The van der Waals surface area contributed by atoms with E-state index >= 15 is 4.79 Å². The average Bonchev–Trinajstić information content (AvgIpc) is 3.61. The third kappa shape index (κ3) is 9.62. The molecule has 2 aliphatic heterocycles. The summed E-state index contributed by atoms with van der Waals surface area (Å²) in [7, 11) is 0. The van der Waals surface area contributed by atoms with Crippen molar-refractivity contribution >= 4 is 35.8 Å². The molecule has 0 aromatic heterocycles. The molecular formula is C48H61NO17. The lowest BCUT2D eigenvalue weighted by atomic mass is 9.48. The number of carbonyl (C=O) groups is 6. The lowest BCUT2D eigenvalue weighted by Crippen LogP contribution is -2.77. The van der Waals surface area contributed by atoms with E-state index in [0.717, 1.165) is 13.8 Å². The fourth-order valence-electron chi connectivity index (χ4n) is 10.1. The number of ether oxygens (including phenoxy) is 8. The summed E-state index contributed by atoms with van der Waals surface area (Å²) in [6.45, 7) is 12.2. The Kier molecular flexibility index (Phi) is 14.6. The van der Waals surface area contributed by atoms with Gasteiger partial charge in [0, 0.05) is 55.6 Å². The van der Waals surface area contributed by atoms with Gasteiger partial charge in [0.25, 0.3) is 5.91 Å². The fourth-order valence-corrected chi connectivity index (χ4v) is 10.1. The maximum absolute atomic E-state index is 15.1. The van der Waals surface area contributed by atoms with Crippen LogP contribution >= 0.6 is 0 Å². The molecule has 1 unspecified atom stereocenters. The minimum Gasteiger partial charge on any atom is -0.455 e. The summed E-state index contributed by atoms with van der Waals surface area (Å²) in [6, 6.07) is 14.8. The number of benzene rings is 2. The number of hydrogen-bond donors (Lipinski definition) is 4. The molecule has 18 nitrogen and oxygen atoms in total. The number of nitrogens with one attached hydrogen (secondary N) is 1. The first-order valence-electron chi connectivity index (χ1n) is 21.9. The number of esters is 3. The van der Waals surface area contributed by atoms with E-state index in [-0.39, 0.29) is 43.0 Å². The van der Waals surface area contributed by atoms with Gasteiger partial charge in [-0.15, -0.1) is 0 Å². The monoisotopic (exact) mass is 923 g/mol. The molecule has 2 aliphatic carbocycles. The molecule has 2 bridgehead atoms. The first kappa shape index (κ1) is 50.2. The molecule has 1 saturated carbocycles. The Morgan fingerprint density at radius 3 is 2.09 bits per heavy atom. The van der Waals surface area contributed by atoms with Gasteiger partial charge >= 0.3 is 24.1 Å². The van der Waals surface area contributed by atoms with E-state index in [1.807, 2.05) is 0 Å². The van der Waals surface area contributed by atoms with E-state index in [1.54, 1.807) is 88.4 Å². The lowest BCUT2D eigenvalue weighted by molar-refractivity contribution is -0.317. The van der Waals surface area contributed by atoms with Crippen molar-refractivity contribution in [2.75, 3.05) is 26.4 Å². The molecule has 3 fully saturated rings. The quantitative estimate of drug-likeness (QED) is 0.119. The molecule has 2 aromatic rings. The van der Waals surface area contributed by atoms with Crippen LogP contribution in [0.15, 0.2) is 71.8 Å². The highest BCUT2D eigenvalue weighted by Crippen LogP contribution is 2.60. The van der Waals surface area contributed by atoms with Crippen molar-refractivity contribution in [3.05, 3.63) is 82.9 Å². The van der Waals surface area contributed by atoms with Gasteiger partial charge in [0.05, 0.1) is 19.3 Å². The summed E-state index contributed by atoms with van der Waals surface area (Å²) in [5, 5.41) is 38.9. The molecule has 2 aromatic carbocycles. The number of fused-ring (bicyclic) bond motifs is 2. The Balaban J connectivity index is 1.46. The molecule has 2 heterocycles. The molecular weight excluding hydrogens is 863 g/mol. The van der Waals surface area contributed by atoms with Crippen molar-refractivity contribution in [2.24, 2.45) is 16.7 Å². The Morgan fingerprint density at radius 1 is 0.909 bits per heavy atom. The predicted octanol–water partition coefficient (Wildman–Crippen LogP) is 3.82. The first-order valence-corrected chi connectivity index (χ1v) is 21.9. The van der Waals surface area contributed by atoms with Crippen molar-refractivity contribution in [1.82, 2.24) is 5.32 Å². The zero-order valence-electron chi connectivity index (χ0n) is 38.7. The summed E-state index contributed by atoms with van der Waals surface area (Å²) < 4.78 is 46.3. The van der Waals surface area contributed by atoms with E-state index in [2.05, 4.69) is 5.32 Å². The first-order chi connectivity index (χ1) is 30.9. The summed E-state index contributed by atoms with van der Waals surface area (Å²) in [4.78, 5) is 83.3. The van der Waals surface area contributed by atoms with Crippen LogP contribution in [0, 0.1) is 16.7 Å². The summed E-state index contributed by atoms with van der Waals surface area (Å²) in [6.07, 6.45) is -10.9. The maximum atomic E-state index is 15.1. The highest BCUT2D eigenvalue weighted by atomic mass is 16.8.